The maximum atomic E-state index is 12.1. The van der Waals surface area contributed by atoms with Crippen LogP contribution in [-0.2, 0) is 16.1 Å². The lowest BCUT2D eigenvalue weighted by Crippen LogP contribution is -2.53. The van der Waals surface area contributed by atoms with Crippen molar-refractivity contribution in [2.45, 2.75) is 6.54 Å². The summed E-state index contributed by atoms with van der Waals surface area (Å²) in [5.41, 5.74) is 2.04. The lowest BCUT2D eigenvalue weighted by atomic mass is 10.1. The Labute approximate surface area is 130 Å². The highest BCUT2D eigenvalue weighted by Crippen LogP contribution is 2.19. The number of nitrogens with zero attached hydrogens (tertiary/aromatic N) is 3. The summed E-state index contributed by atoms with van der Waals surface area (Å²) in [4.78, 5) is 29.3. The molecule has 0 aromatic heterocycles. The molecule has 118 valence electrons. The van der Waals surface area contributed by atoms with E-state index < -0.39 is 11.8 Å². The Morgan fingerprint density at radius 3 is 2.32 bits per heavy atom. The fourth-order valence-electron chi connectivity index (χ4n) is 2.89. The van der Waals surface area contributed by atoms with Crippen molar-refractivity contribution >= 4 is 17.5 Å². The van der Waals surface area contributed by atoms with E-state index in [0.717, 1.165) is 38.4 Å². The fraction of sp³-hybridized carbons (Fsp3) is 0.500. The summed E-state index contributed by atoms with van der Waals surface area (Å²) < 4.78 is 0. The third-order valence-corrected chi connectivity index (χ3v) is 4.30. The summed E-state index contributed by atoms with van der Waals surface area (Å²) in [6.45, 7) is 6.26. The molecule has 2 heterocycles. The summed E-state index contributed by atoms with van der Waals surface area (Å²) in [6.07, 6.45) is 0. The highest BCUT2D eigenvalue weighted by molar-refractivity contribution is 6.40. The molecule has 0 bridgehead atoms. The van der Waals surface area contributed by atoms with Gasteiger partial charge in [-0.05, 0) is 17.7 Å². The van der Waals surface area contributed by atoms with Crippen LogP contribution in [0.3, 0.4) is 0 Å². The molecule has 1 aromatic rings. The molecule has 2 aliphatic rings. The average Bonchev–Trinajstić information content (AvgIpc) is 2.55. The van der Waals surface area contributed by atoms with Crippen molar-refractivity contribution in [3.8, 4) is 0 Å². The number of amides is 2. The van der Waals surface area contributed by atoms with Crippen molar-refractivity contribution < 1.29 is 9.59 Å². The van der Waals surface area contributed by atoms with Crippen LogP contribution in [0.5, 0.6) is 0 Å². The second-order valence-electron chi connectivity index (χ2n) is 5.88. The number of anilines is 1. The second kappa shape index (κ2) is 6.46. The molecule has 6 nitrogen and oxygen atoms in total. The Bertz CT molecular complexity index is 552. The first kappa shape index (κ1) is 15.0. The summed E-state index contributed by atoms with van der Waals surface area (Å²) in [7, 11) is 1.66. The first-order valence-corrected chi connectivity index (χ1v) is 7.74. The third-order valence-electron chi connectivity index (χ3n) is 4.30. The monoisotopic (exact) mass is 302 g/mol. The van der Waals surface area contributed by atoms with Gasteiger partial charge in [0.05, 0.1) is 0 Å². The number of nitrogens with one attached hydrogen (secondary N) is 1. The van der Waals surface area contributed by atoms with Gasteiger partial charge in [-0.15, -0.1) is 0 Å². The summed E-state index contributed by atoms with van der Waals surface area (Å²) >= 11 is 0. The maximum Gasteiger partial charge on any atom is 0.316 e. The van der Waals surface area contributed by atoms with Crippen LogP contribution in [0.1, 0.15) is 5.56 Å². The van der Waals surface area contributed by atoms with Crippen LogP contribution >= 0.6 is 0 Å². The van der Waals surface area contributed by atoms with Gasteiger partial charge < -0.3 is 15.1 Å². The minimum absolute atomic E-state index is 0.434. The molecular formula is C16H22N4O2. The van der Waals surface area contributed by atoms with Crippen LogP contribution in [0.25, 0.3) is 0 Å². The largest absolute Gasteiger partial charge is 0.336 e. The molecule has 2 amide bonds. The van der Waals surface area contributed by atoms with Gasteiger partial charge in [0, 0.05) is 58.5 Å². The summed E-state index contributed by atoms with van der Waals surface area (Å²) in [6, 6.07) is 7.98. The van der Waals surface area contributed by atoms with E-state index in [0.29, 0.717) is 13.1 Å². The minimum Gasteiger partial charge on any atom is -0.336 e. The second-order valence-corrected chi connectivity index (χ2v) is 5.88. The van der Waals surface area contributed by atoms with Crippen molar-refractivity contribution in [3.05, 3.63) is 29.8 Å². The molecule has 2 aliphatic heterocycles. The van der Waals surface area contributed by atoms with Crippen LogP contribution in [0.2, 0.25) is 0 Å². The van der Waals surface area contributed by atoms with Gasteiger partial charge in [-0.1, -0.05) is 12.1 Å². The zero-order chi connectivity index (χ0) is 15.5. The first-order valence-electron chi connectivity index (χ1n) is 7.74. The van der Waals surface area contributed by atoms with Crippen LogP contribution in [0.15, 0.2) is 24.3 Å². The standard InChI is InChI=1S/C16H22N4O2/c1-18-10-11-20(16(22)15(18)21)14-4-2-13(3-5-14)12-19-8-6-17-7-9-19/h2-5,17H,6-12H2,1H3. The zero-order valence-corrected chi connectivity index (χ0v) is 12.9. The van der Waals surface area contributed by atoms with E-state index >= 15 is 0 Å². The molecule has 0 radical (unpaired) electrons. The van der Waals surface area contributed by atoms with Gasteiger partial charge in [0.2, 0.25) is 0 Å². The van der Waals surface area contributed by atoms with E-state index in [1.54, 1.807) is 11.9 Å². The van der Waals surface area contributed by atoms with Gasteiger partial charge in [0.25, 0.3) is 0 Å². The lowest BCUT2D eigenvalue weighted by Gasteiger charge is -2.31. The molecule has 0 atom stereocenters. The topological polar surface area (TPSA) is 55.9 Å². The number of likely N-dealkylation sites (N-methyl/N-ethyl adjacent to an activating group) is 1. The Morgan fingerprint density at radius 2 is 1.64 bits per heavy atom. The van der Waals surface area contributed by atoms with Crippen LogP contribution in [0.4, 0.5) is 5.69 Å². The molecule has 0 saturated carbocycles. The highest BCUT2D eigenvalue weighted by Gasteiger charge is 2.31. The molecule has 6 heteroatoms. The molecule has 1 N–H and O–H groups in total. The molecule has 1 aromatic carbocycles. The van der Waals surface area contributed by atoms with Gasteiger partial charge in [-0.3, -0.25) is 14.5 Å². The lowest BCUT2D eigenvalue weighted by molar-refractivity contribution is -0.145. The number of hydrogen-bond acceptors (Lipinski definition) is 4. The maximum absolute atomic E-state index is 12.1. The van der Waals surface area contributed by atoms with Gasteiger partial charge in [-0.25, -0.2) is 0 Å². The van der Waals surface area contributed by atoms with E-state index in [9.17, 15) is 9.59 Å². The highest BCUT2D eigenvalue weighted by atomic mass is 16.2. The van der Waals surface area contributed by atoms with Crippen molar-refractivity contribution in [2.75, 3.05) is 51.2 Å². The Hall–Kier alpha value is -1.92. The van der Waals surface area contributed by atoms with Gasteiger partial charge in [0.1, 0.15) is 0 Å². The predicted octanol–water partition coefficient (Wildman–Crippen LogP) is -0.103. The summed E-state index contributed by atoms with van der Waals surface area (Å²) in [5, 5.41) is 3.34. The number of benzene rings is 1. The van der Waals surface area contributed by atoms with E-state index in [1.807, 2.05) is 24.3 Å². The van der Waals surface area contributed by atoms with Crippen molar-refractivity contribution in [2.24, 2.45) is 0 Å². The number of carbonyl (C=O) groups is 2. The first-order chi connectivity index (χ1) is 10.6. The quantitative estimate of drug-likeness (QED) is 0.792. The van der Waals surface area contributed by atoms with Gasteiger partial charge in [-0.2, -0.15) is 0 Å². The van der Waals surface area contributed by atoms with Crippen molar-refractivity contribution in [3.63, 3.8) is 0 Å². The Balaban J connectivity index is 1.66. The Morgan fingerprint density at radius 1 is 0.955 bits per heavy atom. The molecule has 0 spiro atoms. The number of carbonyl (C=O) groups excluding carboxylic acids is 2. The van der Waals surface area contributed by atoms with Crippen LogP contribution in [-0.4, -0.2) is 67.9 Å². The summed E-state index contributed by atoms with van der Waals surface area (Å²) in [5.74, 6) is -0.875. The van der Waals surface area contributed by atoms with E-state index in [-0.39, 0.29) is 0 Å². The van der Waals surface area contributed by atoms with Crippen LogP contribution in [0, 0.1) is 0 Å². The Kier molecular flexibility index (Phi) is 4.40. The number of hydrogen-bond donors (Lipinski definition) is 1. The normalized spacial score (nSPS) is 20.6. The van der Waals surface area contributed by atoms with E-state index in [4.69, 9.17) is 0 Å². The average molecular weight is 302 g/mol. The third kappa shape index (κ3) is 3.13. The van der Waals surface area contributed by atoms with Crippen molar-refractivity contribution in [1.82, 2.24) is 15.1 Å². The van der Waals surface area contributed by atoms with E-state index in [1.165, 1.54) is 10.5 Å². The predicted molar refractivity (Wildman–Crippen MR) is 84.6 cm³/mol. The SMILES string of the molecule is CN1CCN(c2ccc(CN3CCNCC3)cc2)C(=O)C1=O. The molecule has 0 unspecified atom stereocenters. The molecule has 2 saturated heterocycles. The molecule has 0 aliphatic carbocycles. The minimum atomic E-state index is -0.441. The number of rotatable bonds is 3. The molecular weight excluding hydrogens is 280 g/mol. The zero-order valence-electron chi connectivity index (χ0n) is 12.9. The van der Waals surface area contributed by atoms with Gasteiger partial charge >= 0.3 is 11.8 Å². The molecule has 3 rings (SSSR count). The van der Waals surface area contributed by atoms with Crippen molar-refractivity contribution in [1.29, 1.82) is 0 Å². The fourth-order valence-corrected chi connectivity index (χ4v) is 2.89. The van der Waals surface area contributed by atoms with Gasteiger partial charge in [0.15, 0.2) is 0 Å². The molecule has 2 fully saturated rings. The number of piperazine rings is 2. The smallest absolute Gasteiger partial charge is 0.316 e. The van der Waals surface area contributed by atoms with Crippen LogP contribution < -0.4 is 10.2 Å². The van der Waals surface area contributed by atoms with E-state index in [2.05, 4.69) is 10.2 Å². The molecule has 22 heavy (non-hydrogen) atoms.